The second-order valence-corrected chi connectivity index (χ2v) is 8.91. The zero-order chi connectivity index (χ0) is 22.8. The van der Waals surface area contributed by atoms with E-state index in [2.05, 4.69) is 5.32 Å². The molecule has 2 aromatic rings. The van der Waals surface area contributed by atoms with Crippen molar-refractivity contribution in [3.8, 4) is 11.5 Å². The summed E-state index contributed by atoms with van der Waals surface area (Å²) in [7, 11) is 0. The van der Waals surface area contributed by atoms with Crippen molar-refractivity contribution in [3.05, 3.63) is 53.6 Å². The summed E-state index contributed by atoms with van der Waals surface area (Å²) in [5.74, 6) is 1.20. The molecule has 0 bridgehead atoms. The monoisotopic (exact) mass is 449 g/mol. The van der Waals surface area contributed by atoms with E-state index in [0.717, 1.165) is 50.0 Å². The van der Waals surface area contributed by atoms with Gasteiger partial charge in [-0.15, -0.1) is 0 Å². The number of para-hydroxylation sites is 1. The van der Waals surface area contributed by atoms with E-state index in [-0.39, 0.29) is 30.6 Å². The molecule has 7 heteroatoms. The fraction of sp³-hybridized carbons (Fsp3) is 0.462. The van der Waals surface area contributed by atoms with E-state index in [0.29, 0.717) is 23.7 Å². The number of hydrogen-bond donors (Lipinski definition) is 1. The van der Waals surface area contributed by atoms with Crippen molar-refractivity contribution in [2.75, 3.05) is 31.6 Å². The van der Waals surface area contributed by atoms with Crippen LogP contribution in [0.25, 0.3) is 0 Å². The summed E-state index contributed by atoms with van der Waals surface area (Å²) in [6, 6.07) is 13.6. The van der Waals surface area contributed by atoms with Gasteiger partial charge < -0.3 is 24.6 Å². The normalized spacial score (nSPS) is 20.2. The van der Waals surface area contributed by atoms with Crippen molar-refractivity contribution >= 4 is 17.5 Å². The molecule has 0 spiro atoms. The van der Waals surface area contributed by atoms with Crippen LogP contribution in [0.1, 0.15) is 61.1 Å². The maximum Gasteiger partial charge on any atom is 0.260 e. The van der Waals surface area contributed by atoms with Crippen molar-refractivity contribution in [2.45, 2.75) is 51.2 Å². The topological polar surface area (TPSA) is 71.1 Å². The van der Waals surface area contributed by atoms with Gasteiger partial charge in [0.25, 0.3) is 11.8 Å². The van der Waals surface area contributed by atoms with Gasteiger partial charge in [0.05, 0.1) is 12.2 Å². The Labute approximate surface area is 194 Å². The second kappa shape index (κ2) is 9.33. The molecular formula is C26H31N3O4. The third-order valence-electron chi connectivity index (χ3n) is 6.55. The molecular weight excluding hydrogens is 418 g/mol. The first kappa shape index (κ1) is 21.6. The van der Waals surface area contributed by atoms with Gasteiger partial charge in [0, 0.05) is 24.8 Å². The largest absolute Gasteiger partial charge is 0.490 e. The number of rotatable bonds is 7. The lowest BCUT2D eigenvalue weighted by atomic mass is 10.0. The molecule has 0 aromatic heterocycles. The summed E-state index contributed by atoms with van der Waals surface area (Å²) >= 11 is 0. The lowest BCUT2D eigenvalue weighted by Gasteiger charge is -2.38. The van der Waals surface area contributed by atoms with Gasteiger partial charge >= 0.3 is 0 Å². The minimum atomic E-state index is -0.275. The highest BCUT2D eigenvalue weighted by Gasteiger charge is 2.42. The molecule has 1 N–H and O–H groups in total. The number of nitrogens with zero attached hydrogens (tertiary/aromatic N) is 2. The maximum atomic E-state index is 13.3. The van der Waals surface area contributed by atoms with Crippen molar-refractivity contribution in [1.29, 1.82) is 0 Å². The Balaban J connectivity index is 1.37. The van der Waals surface area contributed by atoms with Gasteiger partial charge in [0.15, 0.2) is 18.1 Å². The molecule has 174 valence electrons. The van der Waals surface area contributed by atoms with E-state index >= 15 is 0 Å². The van der Waals surface area contributed by atoms with Crippen LogP contribution in [0.2, 0.25) is 0 Å². The Hall–Kier alpha value is -3.22. The number of likely N-dealkylation sites (tertiary alicyclic amines) is 1. The number of nitrogens with one attached hydrogen (secondary N) is 1. The Kier molecular flexibility index (Phi) is 6.11. The lowest BCUT2D eigenvalue weighted by Crippen LogP contribution is -2.44. The minimum absolute atomic E-state index is 0.00115. The standard InChI is InChI=1S/C26H31N3O4/c1-2-32-23-16-18(10-13-22(23)33-17-24(30)28-14-6-3-7-15-28)25-27-21-9-5-4-8-20(21)26(31)29(25)19-11-12-19/h4-5,8-10,13,16,19,25,27H,2-3,6-7,11-12,14-15,17H2,1H3. The number of benzene rings is 2. The van der Waals surface area contributed by atoms with Crippen molar-refractivity contribution in [3.63, 3.8) is 0 Å². The molecule has 1 aliphatic carbocycles. The molecule has 2 fully saturated rings. The smallest absolute Gasteiger partial charge is 0.260 e. The Bertz CT molecular complexity index is 1030. The first-order valence-electron chi connectivity index (χ1n) is 12.0. The molecule has 2 amide bonds. The first-order valence-corrected chi connectivity index (χ1v) is 12.0. The van der Waals surface area contributed by atoms with Gasteiger partial charge in [-0.25, -0.2) is 0 Å². The molecule has 1 saturated heterocycles. The Morgan fingerprint density at radius 1 is 1.03 bits per heavy atom. The van der Waals surface area contributed by atoms with E-state index < -0.39 is 0 Å². The average Bonchev–Trinajstić information content (AvgIpc) is 3.69. The summed E-state index contributed by atoms with van der Waals surface area (Å²) < 4.78 is 11.8. The van der Waals surface area contributed by atoms with Gasteiger partial charge in [0.2, 0.25) is 0 Å². The van der Waals surface area contributed by atoms with Crippen molar-refractivity contribution < 1.29 is 19.1 Å². The lowest BCUT2D eigenvalue weighted by molar-refractivity contribution is -0.134. The first-order chi connectivity index (χ1) is 16.2. The molecule has 1 atom stereocenters. The van der Waals surface area contributed by atoms with E-state index in [1.54, 1.807) is 0 Å². The number of carbonyl (C=O) groups excluding carboxylic acids is 2. The maximum absolute atomic E-state index is 13.3. The van der Waals surface area contributed by atoms with Crippen LogP contribution in [-0.4, -0.2) is 54.0 Å². The zero-order valence-electron chi connectivity index (χ0n) is 19.1. The number of ether oxygens (including phenoxy) is 2. The van der Waals surface area contributed by atoms with E-state index in [1.807, 2.05) is 59.2 Å². The summed E-state index contributed by atoms with van der Waals surface area (Å²) in [6.07, 6.45) is 5.05. The average molecular weight is 450 g/mol. The molecule has 33 heavy (non-hydrogen) atoms. The second-order valence-electron chi connectivity index (χ2n) is 8.91. The molecule has 2 aromatic carbocycles. The molecule has 7 nitrogen and oxygen atoms in total. The number of anilines is 1. The summed E-state index contributed by atoms with van der Waals surface area (Å²) in [5, 5.41) is 3.55. The van der Waals surface area contributed by atoms with Gasteiger partial charge in [0.1, 0.15) is 6.17 Å². The van der Waals surface area contributed by atoms with E-state index in [1.165, 1.54) is 6.42 Å². The highest BCUT2D eigenvalue weighted by atomic mass is 16.5. The van der Waals surface area contributed by atoms with Gasteiger partial charge in [-0.3, -0.25) is 9.59 Å². The van der Waals surface area contributed by atoms with Crippen LogP contribution in [0.5, 0.6) is 11.5 Å². The Morgan fingerprint density at radius 2 is 1.82 bits per heavy atom. The molecule has 3 aliphatic rings. The molecule has 1 unspecified atom stereocenters. The highest BCUT2D eigenvalue weighted by molar-refractivity contribution is 6.02. The van der Waals surface area contributed by atoms with Crippen LogP contribution in [0.3, 0.4) is 0 Å². The van der Waals surface area contributed by atoms with Crippen LogP contribution in [0, 0.1) is 0 Å². The third kappa shape index (κ3) is 4.49. The third-order valence-corrected chi connectivity index (χ3v) is 6.55. The van der Waals surface area contributed by atoms with Gasteiger partial charge in [-0.2, -0.15) is 0 Å². The highest BCUT2D eigenvalue weighted by Crippen LogP contribution is 2.42. The number of piperidine rings is 1. The number of amides is 2. The predicted octanol–water partition coefficient (Wildman–Crippen LogP) is 4.21. The van der Waals surface area contributed by atoms with Crippen LogP contribution >= 0.6 is 0 Å². The molecule has 1 saturated carbocycles. The SMILES string of the molecule is CCOc1cc(C2Nc3ccccc3C(=O)N2C2CC2)ccc1OCC(=O)N1CCCCC1. The van der Waals surface area contributed by atoms with Crippen molar-refractivity contribution in [2.24, 2.45) is 0 Å². The number of carbonyl (C=O) groups is 2. The zero-order valence-corrected chi connectivity index (χ0v) is 19.1. The number of hydrogen-bond acceptors (Lipinski definition) is 5. The van der Waals surface area contributed by atoms with E-state index in [4.69, 9.17) is 9.47 Å². The van der Waals surface area contributed by atoms with E-state index in [9.17, 15) is 9.59 Å². The van der Waals surface area contributed by atoms with Crippen LogP contribution < -0.4 is 14.8 Å². The summed E-state index contributed by atoms with van der Waals surface area (Å²) in [6.45, 7) is 4.01. The Morgan fingerprint density at radius 3 is 2.58 bits per heavy atom. The van der Waals surface area contributed by atoms with Crippen LogP contribution in [0.4, 0.5) is 5.69 Å². The predicted molar refractivity (Wildman–Crippen MR) is 126 cm³/mol. The quantitative estimate of drug-likeness (QED) is 0.686. The molecule has 0 radical (unpaired) electrons. The molecule has 5 rings (SSSR count). The molecule has 2 aliphatic heterocycles. The van der Waals surface area contributed by atoms with Crippen LogP contribution in [-0.2, 0) is 4.79 Å². The fourth-order valence-corrected chi connectivity index (χ4v) is 4.70. The fourth-order valence-electron chi connectivity index (χ4n) is 4.70. The minimum Gasteiger partial charge on any atom is -0.490 e. The van der Waals surface area contributed by atoms with Gasteiger partial charge in [-0.1, -0.05) is 18.2 Å². The number of fused-ring (bicyclic) bond motifs is 1. The summed E-state index contributed by atoms with van der Waals surface area (Å²) in [4.78, 5) is 29.6. The molecule has 2 heterocycles. The van der Waals surface area contributed by atoms with Crippen LogP contribution in [0.15, 0.2) is 42.5 Å². The van der Waals surface area contributed by atoms with Gasteiger partial charge in [-0.05, 0) is 68.9 Å². The summed E-state index contributed by atoms with van der Waals surface area (Å²) in [5.41, 5.74) is 2.49. The van der Waals surface area contributed by atoms with Crippen molar-refractivity contribution in [1.82, 2.24) is 9.80 Å².